The van der Waals surface area contributed by atoms with Crippen molar-refractivity contribution in [2.24, 2.45) is 4.99 Å². The molecule has 4 aliphatic heterocycles. The number of hydrogen-bond acceptors (Lipinski definition) is 6. The van der Waals surface area contributed by atoms with Gasteiger partial charge in [0.25, 0.3) is 0 Å². The number of fused-ring (bicyclic) bond motifs is 6. The van der Waals surface area contributed by atoms with Crippen LogP contribution < -0.4 is 10.4 Å². The van der Waals surface area contributed by atoms with E-state index in [1.165, 1.54) is 0 Å². The minimum Gasteiger partial charge on any atom is -0.365 e. The molecule has 6 rings (SSSR count). The largest absolute Gasteiger partial charge is 0.365 e. The number of nitrogens with zero attached hydrogens (tertiary/aromatic N) is 6. The topological polar surface area (TPSA) is 47.9 Å². The van der Waals surface area contributed by atoms with Gasteiger partial charge in [0.15, 0.2) is 0 Å². The van der Waals surface area contributed by atoms with Crippen molar-refractivity contribution >= 4 is 30.6 Å². The fraction of sp³-hybridized carbons (Fsp3) is 0.370. The summed E-state index contributed by atoms with van der Waals surface area (Å²) in [5.41, 5.74) is 8.06. The lowest BCUT2D eigenvalue weighted by molar-refractivity contribution is 0.131. The third-order valence-electron chi connectivity index (χ3n) is 7.66. The number of pyridine rings is 2. The first-order valence-corrected chi connectivity index (χ1v) is 12.1. The second-order valence-electron chi connectivity index (χ2n) is 9.86. The zero-order chi connectivity index (χ0) is 23.7. The lowest BCUT2D eigenvalue weighted by atomic mass is 9.90. The van der Waals surface area contributed by atoms with Gasteiger partial charge in [0.1, 0.15) is 25.3 Å². The van der Waals surface area contributed by atoms with Crippen LogP contribution in [0.5, 0.6) is 0 Å². The van der Waals surface area contributed by atoms with E-state index in [4.69, 9.17) is 22.8 Å². The fourth-order valence-electron chi connectivity index (χ4n) is 5.68. The minimum atomic E-state index is 0.173. The summed E-state index contributed by atoms with van der Waals surface area (Å²) in [5, 5.41) is 0. The Hall–Kier alpha value is -3.35. The SMILES string of the molecule is [B]c1cc2c(nc1C)N1C(=CC(C)c3nccc(C)c31)N=C2N1CCN2C(=C)C(=C)CCC2C1. The molecular weight excluding hydrogens is 419 g/mol. The van der Waals surface area contributed by atoms with Crippen LogP contribution in [0.25, 0.3) is 0 Å². The van der Waals surface area contributed by atoms with Crippen molar-refractivity contribution in [3.8, 4) is 0 Å². The number of anilines is 2. The van der Waals surface area contributed by atoms with Crippen LogP contribution in [0.15, 0.2) is 59.6 Å². The molecule has 2 radical (unpaired) electrons. The van der Waals surface area contributed by atoms with Crippen LogP contribution in [0, 0.1) is 13.8 Å². The van der Waals surface area contributed by atoms with Gasteiger partial charge in [-0.25, -0.2) is 9.98 Å². The summed E-state index contributed by atoms with van der Waals surface area (Å²) >= 11 is 0. The molecule has 2 aromatic heterocycles. The van der Waals surface area contributed by atoms with Gasteiger partial charge in [-0.05, 0) is 50.0 Å². The molecule has 2 atom stereocenters. The molecule has 170 valence electrons. The van der Waals surface area contributed by atoms with E-state index >= 15 is 0 Å². The summed E-state index contributed by atoms with van der Waals surface area (Å²) in [6, 6.07) is 4.52. The molecule has 6 heterocycles. The van der Waals surface area contributed by atoms with Crippen LogP contribution in [-0.2, 0) is 0 Å². The third kappa shape index (κ3) is 3.06. The number of aliphatic imine (C=N–C) groups is 1. The highest BCUT2D eigenvalue weighted by atomic mass is 15.4. The van der Waals surface area contributed by atoms with Gasteiger partial charge in [0.2, 0.25) is 0 Å². The summed E-state index contributed by atoms with van der Waals surface area (Å²) in [5.74, 6) is 2.94. The molecule has 6 nitrogen and oxygen atoms in total. The summed E-state index contributed by atoms with van der Waals surface area (Å²) in [7, 11) is 6.38. The van der Waals surface area contributed by atoms with Crippen molar-refractivity contribution in [2.45, 2.75) is 45.6 Å². The molecule has 0 amide bonds. The highest BCUT2D eigenvalue weighted by Crippen LogP contribution is 2.45. The second-order valence-corrected chi connectivity index (χ2v) is 9.86. The van der Waals surface area contributed by atoms with E-state index in [1.807, 2.05) is 19.2 Å². The average Bonchev–Trinajstić information content (AvgIpc) is 2.82. The molecule has 34 heavy (non-hydrogen) atoms. The zero-order valence-electron chi connectivity index (χ0n) is 20.2. The maximum Gasteiger partial charge on any atom is 0.150 e. The van der Waals surface area contributed by atoms with Crippen LogP contribution in [-0.4, -0.2) is 59.1 Å². The van der Waals surface area contributed by atoms with Gasteiger partial charge in [-0.2, -0.15) is 0 Å². The predicted molar refractivity (Wildman–Crippen MR) is 138 cm³/mol. The van der Waals surface area contributed by atoms with Gasteiger partial charge in [-0.1, -0.05) is 31.6 Å². The van der Waals surface area contributed by atoms with Gasteiger partial charge in [-0.15, -0.1) is 0 Å². The van der Waals surface area contributed by atoms with Crippen LogP contribution >= 0.6 is 0 Å². The summed E-state index contributed by atoms with van der Waals surface area (Å²) in [6.07, 6.45) is 6.18. The molecule has 2 fully saturated rings. The summed E-state index contributed by atoms with van der Waals surface area (Å²) < 4.78 is 0. The molecule has 2 unspecified atom stereocenters. The van der Waals surface area contributed by atoms with Crippen LogP contribution in [0.1, 0.15) is 48.2 Å². The number of aromatic nitrogens is 2. The molecular formula is C27H29BN6. The van der Waals surface area contributed by atoms with E-state index < -0.39 is 0 Å². The first-order chi connectivity index (χ1) is 16.3. The standard InChI is InChI=1S/C27H29BN6/c1-15-6-7-20-14-32(10-11-33(20)19(15)5)26-21-13-22(28)18(4)30-27(21)34-23(31-26)12-17(3)24-25(34)16(2)8-9-29-24/h8-9,12-13,17,20H,1,5-7,10-11,14H2,2-4H3. The van der Waals surface area contributed by atoms with E-state index in [-0.39, 0.29) is 5.92 Å². The maximum atomic E-state index is 6.38. The molecule has 0 aliphatic carbocycles. The van der Waals surface area contributed by atoms with E-state index in [0.717, 1.165) is 89.4 Å². The van der Waals surface area contributed by atoms with Crippen molar-refractivity contribution in [3.63, 3.8) is 0 Å². The van der Waals surface area contributed by atoms with Crippen molar-refractivity contribution in [3.05, 3.63) is 77.2 Å². The summed E-state index contributed by atoms with van der Waals surface area (Å²) in [6.45, 7) is 17.5. The van der Waals surface area contributed by atoms with Gasteiger partial charge >= 0.3 is 0 Å². The highest BCUT2D eigenvalue weighted by molar-refractivity contribution is 6.33. The lowest BCUT2D eigenvalue weighted by Crippen LogP contribution is -2.56. The molecule has 0 saturated carbocycles. The van der Waals surface area contributed by atoms with Crippen LogP contribution in [0.3, 0.4) is 0 Å². The Labute approximate surface area is 202 Å². The highest BCUT2D eigenvalue weighted by Gasteiger charge is 2.39. The molecule has 4 aliphatic rings. The molecule has 2 saturated heterocycles. The average molecular weight is 448 g/mol. The van der Waals surface area contributed by atoms with Gasteiger partial charge in [0.05, 0.1) is 16.9 Å². The monoisotopic (exact) mass is 448 g/mol. The Morgan fingerprint density at radius 2 is 2.00 bits per heavy atom. The number of hydrogen-bond donors (Lipinski definition) is 0. The van der Waals surface area contributed by atoms with Gasteiger partial charge in [-0.3, -0.25) is 9.88 Å². The number of allylic oxidation sites excluding steroid dienone is 2. The molecule has 0 aromatic carbocycles. The molecule has 0 bridgehead atoms. The molecule has 7 heteroatoms. The number of amidine groups is 1. The lowest BCUT2D eigenvalue weighted by Gasteiger charge is -2.48. The van der Waals surface area contributed by atoms with Gasteiger partial charge in [0, 0.05) is 49.2 Å². The Bertz CT molecular complexity index is 1310. The number of rotatable bonds is 0. The fourth-order valence-corrected chi connectivity index (χ4v) is 5.68. The van der Waals surface area contributed by atoms with Crippen molar-refractivity contribution in [2.75, 3.05) is 24.5 Å². The first-order valence-electron chi connectivity index (χ1n) is 12.1. The third-order valence-corrected chi connectivity index (χ3v) is 7.66. The van der Waals surface area contributed by atoms with E-state index in [9.17, 15) is 0 Å². The Balaban J connectivity index is 1.47. The van der Waals surface area contributed by atoms with Crippen molar-refractivity contribution < 1.29 is 0 Å². The molecule has 2 aromatic rings. The van der Waals surface area contributed by atoms with E-state index in [2.05, 4.69) is 53.8 Å². The van der Waals surface area contributed by atoms with E-state index in [0.29, 0.717) is 11.5 Å². The first kappa shape index (κ1) is 21.2. The molecule has 0 N–H and O–H groups in total. The summed E-state index contributed by atoms with van der Waals surface area (Å²) in [4.78, 5) is 22.0. The number of piperazine rings is 1. The Morgan fingerprint density at radius 3 is 2.82 bits per heavy atom. The predicted octanol–water partition coefficient (Wildman–Crippen LogP) is 3.59. The quantitative estimate of drug-likeness (QED) is 0.577. The second kappa shape index (κ2) is 7.59. The van der Waals surface area contributed by atoms with Crippen LogP contribution in [0.2, 0.25) is 0 Å². The smallest absolute Gasteiger partial charge is 0.150 e. The molecule has 0 spiro atoms. The van der Waals surface area contributed by atoms with Crippen molar-refractivity contribution in [1.82, 2.24) is 19.8 Å². The Kier molecular flexibility index (Phi) is 4.73. The number of piperidine rings is 1. The normalized spacial score (nSPS) is 23.6. The van der Waals surface area contributed by atoms with E-state index in [1.54, 1.807) is 0 Å². The maximum absolute atomic E-state index is 6.38. The zero-order valence-corrected chi connectivity index (χ0v) is 20.2. The minimum absolute atomic E-state index is 0.173. The Morgan fingerprint density at radius 1 is 1.18 bits per heavy atom. The van der Waals surface area contributed by atoms with Crippen LogP contribution in [0.4, 0.5) is 11.5 Å². The number of aryl methyl sites for hydroxylation is 2. The van der Waals surface area contributed by atoms with Gasteiger partial charge < -0.3 is 9.80 Å². The van der Waals surface area contributed by atoms with Crippen molar-refractivity contribution in [1.29, 1.82) is 0 Å².